The molecule has 24 aliphatic rings. The fourth-order valence-corrected chi connectivity index (χ4v) is 39.2. The van der Waals surface area contributed by atoms with E-state index in [1.54, 1.807) is 33.4 Å². The monoisotopic (exact) mass is 1860 g/mol. The van der Waals surface area contributed by atoms with E-state index in [0.717, 1.165) is 174 Å². The number of amides is 6. The van der Waals surface area contributed by atoms with Crippen LogP contribution in [0.25, 0.3) is 0 Å². The van der Waals surface area contributed by atoms with Crippen LogP contribution in [0.1, 0.15) is 389 Å². The number of ether oxygens (including phenoxy) is 6. The highest BCUT2D eigenvalue weighted by Gasteiger charge is 2.68. The van der Waals surface area contributed by atoms with Crippen molar-refractivity contribution in [3.05, 3.63) is 44.6 Å². The van der Waals surface area contributed by atoms with Crippen LogP contribution in [0.2, 0.25) is 0 Å². The average Bonchev–Trinajstić information content (AvgIpc) is 1.55. The maximum absolute atomic E-state index is 12.9. The number of carbonyl (C=O) groups excluding carboxylic acids is 6. The average molecular weight is 1860 g/mol. The second kappa shape index (κ2) is 36.5. The number of hydrogen-bond acceptors (Lipinski definition) is 12. The van der Waals surface area contributed by atoms with Crippen LogP contribution in [0.15, 0.2) is 44.6 Å². The second-order valence-electron chi connectivity index (χ2n) is 52.8. The van der Waals surface area contributed by atoms with Crippen molar-refractivity contribution in [2.45, 2.75) is 472 Å². The van der Waals surface area contributed by atoms with Crippen LogP contribution in [-0.4, -0.2) is 155 Å². The normalized spacial score (nSPS) is 50.4. The number of piperidine rings is 6. The van der Waals surface area contributed by atoms with Gasteiger partial charge >= 0.3 is 12.2 Å². The first-order valence-electron chi connectivity index (χ1n) is 56.4. The minimum atomic E-state index is -0.180. The summed E-state index contributed by atoms with van der Waals surface area (Å²) in [7, 11) is 0. The molecule has 4 spiro atoms. The zero-order valence-corrected chi connectivity index (χ0v) is 86.4. The Bertz CT molecular complexity index is 4380. The summed E-state index contributed by atoms with van der Waals surface area (Å²) in [5.41, 5.74) is 14.4. The summed E-state index contributed by atoms with van der Waals surface area (Å²) >= 11 is 0. The zero-order chi connectivity index (χ0) is 93.9. The molecule has 6 amide bonds. The minimum absolute atomic E-state index is 0. The van der Waals surface area contributed by atoms with Crippen LogP contribution < -0.4 is 21.3 Å². The summed E-state index contributed by atoms with van der Waals surface area (Å²) in [6, 6.07) is 1.76. The molecule has 10 heterocycles. The molecule has 0 unspecified atom stereocenters. The predicted octanol–water partition coefficient (Wildman–Crippen LogP) is 23.6. The molecule has 18 heteroatoms. The largest absolute Gasteiger partial charge is 0.450 e. The van der Waals surface area contributed by atoms with E-state index < -0.39 is 0 Å². The molecule has 0 aromatic heterocycles. The van der Waals surface area contributed by atoms with Gasteiger partial charge in [0.1, 0.15) is 0 Å². The van der Waals surface area contributed by atoms with Crippen molar-refractivity contribution in [2.24, 2.45) is 152 Å². The fourth-order valence-electron chi connectivity index (χ4n) is 39.2. The number of allylic oxidation sites excluding steroid dienone is 4. The van der Waals surface area contributed by atoms with Crippen molar-refractivity contribution in [1.29, 1.82) is 0 Å². The van der Waals surface area contributed by atoms with Gasteiger partial charge < -0.3 is 59.5 Å². The van der Waals surface area contributed by atoms with E-state index in [0.29, 0.717) is 132 Å². The standard InChI is InChI=1S/2C30H46N2O4.2C28H43NO2.CH4/c2*1-6-35-28(34)32-16-17(2)13-24-27(32)19(4)30(36-24)12-9-20-21-7-8-25-29(5,11-10-26(33)31-25)23(21)14-22(20)18(3)15-30;2*1-16-5-6-19-18(3)28(31-24(19)13-16)12-9-20-21-7-8-25-27(4,11-10-26(30)29-25)23(21)14-22(20)17(2)15-28;/h2*17,19-21,23-25,27H,6-16H2,1-5H3,(H,31,33);2*16,18-21,23-25H,5-15H2,1-4H3,(H,29,30);1H4/t17-,19+,20-,21-,23-,24+,25+,27-,29+,30-;17-,19+,20-,21-,23-,24+,25-,27-,29+,30-;16-,18-,19+,20+,21+,23+,24-,25+,27-,28+;16-,18-,19+,20+,21+,23+,24-,25-,27-,28+;/m0011./s1. The van der Waals surface area contributed by atoms with Gasteiger partial charge in [0, 0.05) is 74.8 Å². The molecule has 0 aromatic carbocycles. The Morgan fingerprint density at radius 3 is 0.859 bits per heavy atom. The van der Waals surface area contributed by atoms with Gasteiger partial charge in [-0.25, -0.2) is 9.59 Å². The van der Waals surface area contributed by atoms with Crippen molar-refractivity contribution in [3.63, 3.8) is 0 Å². The van der Waals surface area contributed by atoms with Crippen molar-refractivity contribution >= 4 is 35.8 Å². The molecule has 10 aliphatic heterocycles. The topological polar surface area (TPSA) is 212 Å². The van der Waals surface area contributed by atoms with E-state index in [2.05, 4.69) is 132 Å². The van der Waals surface area contributed by atoms with Crippen LogP contribution in [0.3, 0.4) is 0 Å². The molecule has 20 fully saturated rings. The molecule has 24 rings (SSSR count). The number of fused-ring (bicyclic) bond motifs is 24. The van der Waals surface area contributed by atoms with Crippen molar-refractivity contribution in [1.82, 2.24) is 31.1 Å². The Morgan fingerprint density at radius 1 is 0.333 bits per heavy atom. The SMILES string of the molecule is C.CC1=C2C[C@H]3[C@@H](CC[C@@H]4NC(=O)CC[C@@]43C)[C@@H]2CC[C@@]2(C1)O[C@@H]1C[C@H](C)CC[C@H]1[C@H]2C.CC1=C2C[C@H]3[C@@H](CC[C@H]4NC(=O)CC[C@@]43C)[C@@H]2CC[C@@]2(C1)O[C@@H]1C[C@H](C)CC[C@H]1[C@H]2C.CCOC(=O)N1C[C@@H](C)C[C@H]2O[C@]3(CC[C@@H]4C(=C(C)C3)C[C@H]3[C@H]4CC[C@@H]4NC(=O)CC[C@@]43C)[C@H](C)[C@@H]21.CCOC(=O)N1C[C@@H](C)C[C@H]2O[C@]3(CC[C@@H]4C(=C(C)C3)C[C@H]3[C@H]4CC[C@H]4NC(=O)CC[C@@]43C)[C@H](C)[C@@H]21. The van der Waals surface area contributed by atoms with Crippen LogP contribution >= 0.6 is 0 Å². The van der Waals surface area contributed by atoms with E-state index in [1.165, 1.54) is 154 Å². The Hall–Kier alpha value is -4.78. The van der Waals surface area contributed by atoms with Gasteiger partial charge in [-0.05, 0) is 400 Å². The lowest BCUT2D eigenvalue weighted by Gasteiger charge is -2.52. The molecule has 752 valence electrons. The van der Waals surface area contributed by atoms with Gasteiger partial charge in [0.15, 0.2) is 0 Å². The van der Waals surface area contributed by atoms with E-state index in [4.69, 9.17) is 28.4 Å². The number of hydrogen-bond donors (Lipinski definition) is 4. The molecule has 0 aromatic rings. The van der Waals surface area contributed by atoms with E-state index in [-0.39, 0.29) is 101 Å². The fraction of sp³-hybridized carbons (Fsp3) is 0.880. The first-order valence-corrected chi connectivity index (χ1v) is 56.4. The van der Waals surface area contributed by atoms with Crippen molar-refractivity contribution < 1.29 is 57.2 Å². The number of nitrogens with one attached hydrogen (secondary N) is 4. The lowest BCUT2D eigenvalue weighted by atomic mass is 9.57. The first-order chi connectivity index (χ1) is 63.9. The van der Waals surface area contributed by atoms with E-state index in [1.807, 2.05) is 34.8 Å². The zero-order valence-electron chi connectivity index (χ0n) is 86.4. The van der Waals surface area contributed by atoms with Gasteiger partial charge in [-0.15, -0.1) is 0 Å². The van der Waals surface area contributed by atoms with Crippen molar-refractivity contribution in [3.8, 4) is 0 Å². The molecule has 14 aliphatic carbocycles. The molecule has 0 radical (unpaired) electrons. The summed E-state index contributed by atoms with van der Waals surface area (Å²) in [6.07, 6.45) is 47.0. The molecule has 4 N–H and O–H groups in total. The van der Waals surface area contributed by atoms with Gasteiger partial charge in [-0.3, -0.25) is 19.2 Å². The number of nitrogens with zero attached hydrogens (tertiary/aromatic N) is 2. The molecule has 18 nitrogen and oxygen atoms in total. The predicted molar refractivity (Wildman–Crippen MR) is 530 cm³/mol. The minimum Gasteiger partial charge on any atom is -0.450 e. The van der Waals surface area contributed by atoms with Gasteiger partial charge in [0.05, 0.1) is 72.1 Å². The molecule has 10 saturated carbocycles. The number of likely N-dealkylation sites (tertiary alicyclic amines) is 2. The highest BCUT2D eigenvalue weighted by Crippen LogP contribution is 2.70. The highest BCUT2D eigenvalue weighted by molar-refractivity contribution is 5.79. The summed E-state index contributed by atoms with van der Waals surface area (Å²) in [5, 5.41) is 13.5. The molecule has 10 saturated heterocycles. The van der Waals surface area contributed by atoms with Crippen molar-refractivity contribution in [2.75, 3.05) is 26.3 Å². The molecular weight excluding hydrogens is 1680 g/mol. The van der Waals surface area contributed by atoms with Gasteiger partial charge in [0.25, 0.3) is 0 Å². The van der Waals surface area contributed by atoms with Gasteiger partial charge in [-0.1, -0.05) is 148 Å². The summed E-state index contributed by atoms with van der Waals surface area (Å²) < 4.78 is 39.2. The van der Waals surface area contributed by atoms with Gasteiger partial charge in [-0.2, -0.15) is 0 Å². The Morgan fingerprint density at radius 2 is 0.585 bits per heavy atom. The summed E-state index contributed by atoms with van der Waals surface area (Å²) in [5.74, 6) is 16.1. The lowest BCUT2D eigenvalue weighted by molar-refractivity contribution is -0.130. The third-order valence-electron chi connectivity index (χ3n) is 46.4. The summed E-state index contributed by atoms with van der Waals surface area (Å²) in [4.78, 5) is 78.3. The number of rotatable bonds is 2. The molecule has 0 bridgehead atoms. The third-order valence-corrected chi connectivity index (χ3v) is 46.4. The smallest absolute Gasteiger partial charge is 0.410 e. The molecule has 40 atom stereocenters. The second-order valence-corrected chi connectivity index (χ2v) is 52.8. The van der Waals surface area contributed by atoms with Crippen LogP contribution in [0.5, 0.6) is 0 Å². The van der Waals surface area contributed by atoms with Gasteiger partial charge in [0.2, 0.25) is 23.6 Å². The van der Waals surface area contributed by atoms with Crippen LogP contribution in [0, 0.1) is 152 Å². The maximum atomic E-state index is 12.9. The maximum Gasteiger partial charge on any atom is 0.410 e. The third kappa shape index (κ3) is 16.2. The van der Waals surface area contributed by atoms with E-state index >= 15 is 0 Å². The lowest BCUT2D eigenvalue weighted by Crippen LogP contribution is -2.57. The number of carbonyl (C=O) groups is 6. The highest BCUT2D eigenvalue weighted by atomic mass is 16.6. The quantitative estimate of drug-likeness (QED) is 0.190. The Kier molecular flexibility index (Phi) is 26.4. The molecule has 135 heavy (non-hydrogen) atoms. The van der Waals surface area contributed by atoms with Crippen LogP contribution in [0.4, 0.5) is 9.59 Å². The Labute approximate surface area is 814 Å². The summed E-state index contributed by atoms with van der Waals surface area (Å²) in [6.45, 7) is 44.8. The van der Waals surface area contributed by atoms with E-state index in [9.17, 15) is 28.8 Å². The Balaban J connectivity index is 0.000000112. The molecular formula is C117H182N6O12. The van der Waals surface area contributed by atoms with Crippen LogP contribution in [-0.2, 0) is 47.6 Å². The first kappa shape index (κ1) is 97.7.